The summed E-state index contributed by atoms with van der Waals surface area (Å²) in [4.78, 5) is 12.6. The number of ketones is 1. The Morgan fingerprint density at radius 3 is 2.25 bits per heavy atom. The first-order valence-electron chi connectivity index (χ1n) is 7.44. The molecule has 0 saturated heterocycles. The van der Waals surface area contributed by atoms with E-state index in [0.717, 1.165) is 11.1 Å². The number of benzene rings is 2. The van der Waals surface area contributed by atoms with Crippen molar-refractivity contribution in [3.8, 4) is 28.7 Å². The van der Waals surface area contributed by atoms with Crippen molar-refractivity contribution in [2.75, 3.05) is 14.2 Å². The van der Waals surface area contributed by atoms with Crippen LogP contribution in [0, 0.1) is 6.92 Å². The van der Waals surface area contributed by atoms with Gasteiger partial charge in [0.15, 0.2) is 17.3 Å². The summed E-state index contributed by atoms with van der Waals surface area (Å²) in [7, 11) is 2.62. The number of phenolic OH excluding ortho intramolecular Hbond substituents is 2. The Balaban J connectivity index is 2.13. The van der Waals surface area contributed by atoms with Gasteiger partial charge in [0.25, 0.3) is 0 Å². The summed E-state index contributed by atoms with van der Waals surface area (Å²) in [5.74, 6) is -1.39. The van der Waals surface area contributed by atoms with Crippen LogP contribution in [0.15, 0.2) is 24.3 Å². The largest absolute Gasteiger partial charge is 0.504 e. The molecule has 2 N–H and O–H groups in total. The number of methoxy groups -OCH3 is 2. The molecule has 0 amide bonds. The summed E-state index contributed by atoms with van der Waals surface area (Å²) in [6, 6.07) is 7.62. The average Bonchev–Trinajstić information content (AvgIpc) is 2.55. The van der Waals surface area contributed by atoms with E-state index in [-0.39, 0.29) is 35.0 Å². The van der Waals surface area contributed by atoms with E-state index in [1.807, 2.05) is 31.2 Å². The third-order valence-electron chi connectivity index (χ3n) is 4.08. The number of phenols is 2. The maximum absolute atomic E-state index is 12.6. The highest BCUT2D eigenvalue weighted by molar-refractivity contribution is 6.05. The van der Waals surface area contributed by atoms with Crippen LogP contribution in [-0.4, -0.2) is 30.2 Å². The van der Waals surface area contributed by atoms with Crippen LogP contribution in [-0.2, 0) is 0 Å². The van der Waals surface area contributed by atoms with Gasteiger partial charge < -0.3 is 24.4 Å². The molecule has 0 spiro atoms. The lowest BCUT2D eigenvalue weighted by atomic mass is 9.94. The van der Waals surface area contributed by atoms with Crippen LogP contribution in [0.3, 0.4) is 0 Å². The Morgan fingerprint density at radius 2 is 1.67 bits per heavy atom. The van der Waals surface area contributed by atoms with Gasteiger partial charge >= 0.3 is 0 Å². The first-order valence-corrected chi connectivity index (χ1v) is 7.44. The molecule has 0 saturated carbocycles. The van der Waals surface area contributed by atoms with E-state index in [0.29, 0.717) is 0 Å². The molecule has 2 aromatic carbocycles. The van der Waals surface area contributed by atoms with Crippen molar-refractivity contribution < 1.29 is 29.2 Å². The van der Waals surface area contributed by atoms with Crippen LogP contribution in [0.4, 0.5) is 0 Å². The smallest absolute Gasteiger partial charge is 0.208 e. The van der Waals surface area contributed by atoms with Crippen LogP contribution in [0.25, 0.3) is 0 Å². The standard InChI is InChI=1S/C18H18O6/c1-9-4-6-10(7-5-9)12-8-11(19)13-14(20)17(22-2)15(21)18(23-3)16(13)24-12/h4-7,12,20-21H,8H2,1-3H3. The lowest BCUT2D eigenvalue weighted by Crippen LogP contribution is -2.21. The molecule has 1 unspecified atom stereocenters. The van der Waals surface area contributed by atoms with E-state index < -0.39 is 17.6 Å². The number of hydrogen-bond donors (Lipinski definition) is 2. The molecular formula is C18H18O6. The number of hydrogen-bond acceptors (Lipinski definition) is 6. The number of carbonyl (C=O) groups excluding carboxylic acids is 1. The molecule has 6 heteroatoms. The first kappa shape index (κ1) is 16.0. The van der Waals surface area contributed by atoms with Gasteiger partial charge in [-0.1, -0.05) is 29.8 Å². The number of carbonyl (C=O) groups is 1. The van der Waals surface area contributed by atoms with Crippen LogP contribution in [0.1, 0.15) is 34.0 Å². The van der Waals surface area contributed by atoms with Crippen LogP contribution in [0.2, 0.25) is 0 Å². The Bertz CT molecular complexity index is 794. The van der Waals surface area contributed by atoms with Gasteiger partial charge in [-0.25, -0.2) is 0 Å². The van der Waals surface area contributed by atoms with E-state index in [1.54, 1.807) is 0 Å². The third-order valence-corrected chi connectivity index (χ3v) is 4.08. The van der Waals surface area contributed by atoms with Gasteiger partial charge in [-0.05, 0) is 12.5 Å². The minimum absolute atomic E-state index is 0.0233. The van der Waals surface area contributed by atoms with Gasteiger partial charge in [0.05, 0.1) is 20.6 Å². The van der Waals surface area contributed by atoms with E-state index in [1.165, 1.54) is 14.2 Å². The van der Waals surface area contributed by atoms with E-state index in [9.17, 15) is 15.0 Å². The summed E-state index contributed by atoms with van der Waals surface area (Å²) in [6.07, 6.45) is -0.451. The molecule has 0 aromatic heterocycles. The van der Waals surface area contributed by atoms with Gasteiger partial charge in [0.2, 0.25) is 17.2 Å². The molecule has 1 aliphatic heterocycles. The van der Waals surface area contributed by atoms with Crippen molar-refractivity contribution >= 4 is 5.78 Å². The summed E-state index contributed by atoms with van der Waals surface area (Å²) in [6.45, 7) is 1.97. The van der Waals surface area contributed by atoms with Gasteiger partial charge in [0, 0.05) is 0 Å². The van der Waals surface area contributed by atoms with Crippen LogP contribution >= 0.6 is 0 Å². The number of rotatable bonds is 3. The minimum atomic E-state index is -0.522. The lowest BCUT2D eigenvalue weighted by molar-refractivity contribution is 0.0834. The number of aryl methyl sites for hydroxylation is 1. The molecule has 1 atom stereocenters. The molecule has 0 radical (unpaired) electrons. The summed E-state index contributed by atoms with van der Waals surface area (Å²) in [5.41, 5.74) is 1.89. The molecule has 2 aromatic rings. The second-order valence-electron chi connectivity index (χ2n) is 5.61. The molecule has 1 heterocycles. The highest BCUT2D eigenvalue weighted by Gasteiger charge is 2.37. The highest BCUT2D eigenvalue weighted by Crippen LogP contribution is 2.55. The molecule has 1 aliphatic rings. The zero-order chi connectivity index (χ0) is 17.4. The first-order chi connectivity index (χ1) is 11.5. The molecule has 126 valence electrons. The Labute approximate surface area is 139 Å². The SMILES string of the molecule is COc1c(O)c(OC)c2c(c1O)C(=O)CC(c1ccc(C)cc1)O2. The number of ether oxygens (including phenoxy) is 3. The molecule has 24 heavy (non-hydrogen) atoms. The van der Waals surface area contributed by atoms with E-state index in [2.05, 4.69) is 0 Å². The molecule has 6 nitrogen and oxygen atoms in total. The predicted octanol–water partition coefficient (Wildman–Crippen LogP) is 3.13. The number of fused-ring (bicyclic) bond motifs is 1. The Hall–Kier alpha value is -2.89. The van der Waals surface area contributed by atoms with Crippen molar-refractivity contribution in [1.82, 2.24) is 0 Å². The van der Waals surface area contributed by atoms with Gasteiger partial charge in [-0.2, -0.15) is 0 Å². The average molecular weight is 330 g/mol. The second kappa shape index (κ2) is 5.96. The fourth-order valence-corrected chi connectivity index (χ4v) is 2.83. The summed E-state index contributed by atoms with van der Waals surface area (Å²) >= 11 is 0. The second-order valence-corrected chi connectivity index (χ2v) is 5.61. The van der Waals surface area contributed by atoms with Crippen LogP contribution < -0.4 is 14.2 Å². The van der Waals surface area contributed by atoms with Gasteiger partial charge in [-0.3, -0.25) is 4.79 Å². The van der Waals surface area contributed by atoms with Crippen molar-refractivity contribution in [3.05, 3.63) is 41.0 Å². The van der Waals surface area contributed by atoms with Crippen molar-refractivity contribution in [3.63, 3.8) is 0 Å². The Kier molecular flexibility index (Phi) is 3.97. The summed E-state index contributed by atoms with van der Waals surface area (Å²) < 4.78 is 16.0. The lowest BCUT2D eigenvalue weighted by Gasteiger charge is -2.28. The summed E-state index contributed by atoms with van der Waals surface area (Å²) in [5, 5.41) is 20.5. The molecule has 0 bridgehead atoms. The number of Topliss-reactive ketones (excluding diaryl/α,β-unsaturated/α-hetero) is 1. The third kappa shape index (κ3) is 2.40. The molecule has 3 rings (SSSR count). The van der Waals surface area contributed by atoms with Crippen LogP contribution in [0.5, 0.6) is 28.7 Å². The fourth-order valence-electron chi connectivity index (χ4n) is 2.83. The normalized spacial score (nSPS) is 16.3. The zero-order valence-corrected chi connectivity index (χ0v) is 13.6. The predicted molar refractivity (Wildman–Crippen MR) is 86.4 cm³/mol. The van der Waals surface area contributed by atoms with E-state index in [4.69, 9.17) is 14.2 Å². The topological polar surface area (TPSA) is 85.2 Å². The highest BCUT2D eigenvalue weighted by atomic mass is 16.5. The number of aromatic hydroxyl groups is 2. The molecule has 0 fully saturated rings. The van der Waals surface area contributed by atoms with Crippen molar-refractivity contribution in [2.45, 2.75) is 19.4 Å². The Morgan fingerprint density at radius 1 is 1.04 bits per heavy atom. The zero-order valence-electron chi connectivity index (χ0n) is 13.6. The molecular weight excluding hydrogens is 312 g/mol. The van der Waals surface area contributed by atoms with Gasteiger partial charge in [-0.15, -0.1) is 0 Å². The monoisotopic (exact) mass is 330 g/mol. The minimum Gasteiger partial charge on any atom is -0.504 e. The van der Waals surface area contributed by atoms with Gasteiger partial charge in [0.1, 0.15) is 11.7 Å². The van der Waals surface area contributed by atoms with E-state index >= 15 is 0 Å². The maximum Gasteiger partial charge on any atom is 0.208 e. The maximum atomic E-state index is 12.6. The molecule has 0 aliphatic carbocycles. The quantitative estimate of drug-likeness (QED) is 0.899. The fraction of sp³-hybridized carbons (Fsp3) is 0.278. The van der Waals surface area contributed by atoms with Crippen molar-refractivity contribution in [2.24, 2.45) is 0 Å². The van der Waals surface area contributed by atoms with Crippen molar-refractivity contribution in [1.29, 1.82) is 0 Å².